The predicted octanol–water partition coefficient (Wildman–Crippen LogP) is 8.48. The molecule has 35 heavy (non-hydrogen) atoms. The van der Waals surface area contributed by atoms with Gasteiger partial charge in [-0.1, -0.05) is 64.1 Å². The van der Waals surface area contributed by atoms with Gasteiger partial charge < -0.3 is 14.8 Å². The highest BCUT2D eigenvalue weighted by atomic mass is 35.5. The molecular weight excluding hydrogens is 554 g/mol. The van der Waals surface area contributed by atoms with E-state index in [9.17, 15) is 10.1 Å². The first-order chi connectivity index (χ1) is 16.7. The van der Waals surface area contributed by atoms with Gasteiger partial charge in [0.05, 0.1) is 21.7 Å². The number of nitrogens with zero attached hydrogens (tertiary/aromatic N) is 1. The summed E-state index contributed by atoms with van der Waals surface area (Å²) in [5.41, 5.74) is 1.42. The lowest BCUT2D eigenvalue weighted by molar-refractivity contribution is -0.112. The van der Waals surface area contributed by atoms with Crippen molar-refractivity contribution in [2.45, 2.75) is 13.5 Å². The van der Waals surface area contributed by atoms with E-state index in [1.807, 2.05) is 13.0 Å². The highest BCUT2D eigenvalue weighted by molar-refractivity contribution is 6.42. The first-order valence-electron chi connectivity index (χ1n) is 10.1. The molecule has 1 amide bonds. The number of benzene rings is 3. The molecule has 0 bridgehead atoms. The van der Waals surface area contributed by atoms with Crippen molar-refractivity contribution in [1.29, 1.82) is 5.26 Å². The van der Waals surface area contributed by atoms with Gasteiger partial charge in [-0.05, 0) is 61.0 Å². The summed E-state index contributed by atoms with van der Waals surface area (Å²) in [4.78, 5) is 12.6. The van der Waals surface area contributed by atoms with Crippen LogP contribution in [0.4, 0.5) is 5.69 Å². The molecule has 0 aliphatic carbocycles. The van der Waals surface area contributed by atoms with Crippen LogP contribution in [-0.2, 0) is 11.4 Å². The Morgan fingerprint density at radius 3 is 2.37 bits per heavy atom. The molecular formula is C25H17Cl5N2O3. The van der Waals surface area contributed by atoms with Crippen LogP contribution in [0.5, 0.6) is 11.5 Å². The van der Waals surface area contributed by atoms with Gasteiger partial charge in [-0.3, -0.25) is 4.79 Å². The van der Waals surface area contributed by atoms with Gasteiger partial charge in [-0.2, -0.15) is 5.26 Å². The van der Waals surface area contributed by atoms with E-state index in [2.05, 4.69) is 5.32 Å². The molecule has 0 radical (unpaired) electrons. The monoisotopic (exact) mass is 568 g/mol. The Bertz CT molecular complexity index is 1340. The van der Waals surface area contributed by atoms with Gasteiger partial charge in [0.2, 0.25) is 0 Å². The Morgan fingerprint density at radius 1 is 0.943 bits per heavy atom. The number of carbonyl (C=O) groups is 1. The van der Waals surface area contributed by atoms with Crippen molar-refractivity contribution in [3.8, 4) is 17.6 Å². The third-order valence-corrected chi connectivity index (χ3v) is 6.18. The number of halogens is 5. The number of hydrogen-bond acceptors (Lipinski definition) is 4. The third kappa shape index (κ3) is 7.20. The van der Waals surface area contributed by atoms with Crippen molar-refractivity contribution < 1.29 is 14.3 Å². The van der Waals surface area contributed by atoms with E-state index in [1.165, 1.54) is 12.1 Å². The van der Waals surface area contributed by atoms with Crippen LogP contribution in [0.3, 0.4) is 0 Å². The van der Waals surface area contributed by atoms with Crippen molar-refractivity contribution in [3.63, 3.8) is 0 Å². The molecule has 0 atom stereocenters. The lowest BCUT2D eigenvalue weighted by Gasteiger charge is -2.15. The zero-order chi connectivity index (χ0) is 25.5. The maximum atomic E-state index is 12.6. The summed E-state index contributed by atoms with van der Waals surface area (Å²) in [6, 6.07) is 14.8. The van der Waals surface area contributed by atoms with Gasteiger partial charge >= 0.3 is 0 Å². The van der Waals surface area contributed by atoms with E-state index in [0.717, 1.165) is 0 Å². The summed E-state index contributed by atoms with van der Waals surface area (Å²) in [5.74, 6) is 0.0200. The van der Waals surface area contributed by atoms with Gasteiger partial charge in [-0.15, -0.1) is 0 Å². The molecule has 3 aromatic rings. The number of nitriles is 1. The fourth-order valence-corrected chi connectivity index (χ4v) is 3.99. The van der Waals surface area contributed by atoms with Gasteiger partial charge in [0.25, 0.3) is 5.91 Å². The molecule has 180 valence electrons. The van der Waals surface area contributed by atoms with Gasteiger partial charge in [0.1, 0.15) is 18.2 Å². The molecule has 0 unspecified atom stereocenters. The highest BCUT2D eigenvalue weighted by Crippen LogP contribution is 2.38. The zero-order valence-corrected chi connectivity index (χ0v) is 22.0. The Kier molecular flexibility index (Phi) is 9.56. The maximum absolute atomic E-state index is 12.6. The minimum Gasteiger partial charge on any atom is -0.490 e. The SMILES string of the molecule is CCOc1cc(/C=C(\C#N)C(=O)Nc2ccc(Cl)c(Cl)c2)cc(Cl)c1OCc1ccc(Cl)cc1Cl. The van der Waals surface area contributed by atoms with Crippen molar-refractivity contribution in [2.75, 3.05) is 11.9 Å². The molecule has 10 heteroatoms. The smallest absolute Gasteiger partial charge is 0.266 e. The predicted molar refractivity (Wildman–Crippen MR) is 142 cm³/mol. The second-order valence-corrected chi connectivity index (χ2v) is 9.11. The lowest BCUT2D eigenvalue weighted by Crippen LogP contribution is -2.13. The summed E-state index contributed by atoms with van der Waals surface area (Å²) in [7, 11) is 0. The summed E-state index contributed by atoms with van der Waals surface area (Å²) in [6.07, 6.45) is 1.39. The van der Waals surface area contributed by atoms with Crippen LogP contribution in [0.1, 0.15) is 18.1 Å². The average Bonchev–Trinajstić information content (AvgIpc) is 2.80. The number of nitrogens with one attached hydrogen (secondary N) is 1. The Hall–Kier alpha value is -2.59. The summed E-state index contributed by atoms with van der Waals surface area (Å²) < 4.78 is 11.6. The first kappa shape index (κ1) is 27.0. The summed E-state index contributed by atoms with van der Waals surface area (Å²) >= 11 is 30.5. The van der Waals surface area contributed by atoms with Crippen molar-refractivity contribution in [1.82, 2.24) is 0 Å². The second kappa shape index (κ2) is 12.4. The first-order valence-corrected chi connectivity index (χ1v) is 12.0. The molecule has 0 spiro atoms. The lowest BCUT2D eigenvalue weighted by atomic mass is 10.1. The van der Waals surface area contributed by atoms with Crippen LogP contribution < -0.4 is 14.8 Å². The Labute approximate surface area is 227 Å². The number of rotatable bonds is 8. The molecule has 0 fully saturated rings. The Balaban J connectivity index is 1.85. The minimum atomic E-state index is -0.627. The highest BCUT2D eigenvalue weighted by Gasteiger charge is 2.16. The summed E-state index contributed by atoms with van der Waals surface area (Å²) in [6.45, 7) is 2.27. The molecule has 5 nitrogen and oxygen atoms in total. The third-order valence-electron chi connectivity index (χ3n) is 4.57. The minimum absolute atomic E-state index is 0.125. The topological polar surface area (TPSA) is 71.3 Å². The molecule has 0 aliphatic heterocycles. The van der Waals surface area contributed by atoms with Gasteiger partial charge in [0.15, 0.2) is 11.5 Å². The number of carbonyl (C=O) groups excluding carboxylic acids is 1. The number of amides is 1. The average molecular weight is 571 g/mol. The van der Waals surface area contributed by atoms with E-state index in [0.29, 0.717) is 50.0 Å². The fourth-order valence-electron chi connectivity index (χ4n) is 2.95. The van der Waals surface area contributed by atoms with Gasteiger partial charge in [-0.25, -0.2) is 0 Å². The van der Waals surface area contributed by atoms with E-state index in [1.54, 1.807) is 42.5 Å². The van der Waals surface area contributed by atoms with E-state index >= 15 is 0 Å². The molecule has 1 N–H and O–H groups in total. The van der Waals surface area contributed by atoms with Crippen molar-refractivity contribution >= 4 is 75.7 Å². The normalized spacial score (nSPS) is 11.1. The molecule has 0 aromatic heterocycles. The molecule has 3 aromatic carbocycles. The second-order valence-electron chi connectivity index (χ2n) is 7.04. The van der Waals surface area contributed by atoms with Crippen LogP contribution in [0.2, 0.25) is 25.1 Å². The molecule has 3 rings (SSSR count). The molecule has 0 saturated carbocycles. The number of hydrogen-bond donors (Lipinski definition) is 1. The maximum Gasteiger partial charge on any atom is 0.266 e. The van der Waals surface area contributed by atoms with E-state index in [4.69, 9.17) is 67.5 Å². The van der Waals surface area contributed by atoms with E-state index in [-0.39, 0.29) is 22.2 Å². The number of ether oxygens (including phenoxy) is 2. The standard InChI is InChI=1S/C25H17Cl5N2O3/c1-2-34-23-9-14(7-16(12-31)25(33)32-18-5-6-19(27)21(29)11-18)8-22(30)24(23)35-13-15-3-4-17(26)10-20(15)28/h3-11H,2,13H2,1H3,(H,32,33)/b16-7+. The van der Waals surface area contributed by atoms with Crippen LogP contribution in [0.15, 0.2) is 54.1 Å². The molecule has 0 heterocycles. The van der Waals surface area contributed by atoms with Crippen LogP contribution in [-0.4, -0.2) is 12.5 Å². The number of anilines is 1. The van der Waals surface area contributed by atoms with Gasteiger partial charge in [0, 0.05) is 21.3 Å². The largest absolute Gasteiger partial charge is 0.490 e. The van der Waals surface area contributed by atoms with Crippen LogP contribution in [0.25, 0.3) is 6.08 Å². The molecule has 0 aliphatic rings. The van der Waals surface area contributed by atoms with Crippen molar-refractivity contribution in [3.05, 3.63) is 90.3 Å². The summed E-state index contributed by atoms with van der Waals surface area (Å²) in [5, 5.41) is 14.0. The van der Waals surface area contributed by atoms with Crippen LogP contribution in [0, 0.1) is 11.3 Å². The quantitative estimate of drug-likeness (QED) is 0.218. The Morgan fingerprint density at radius 2 is 1.71 bits per heavy atom. The zero-order valence-electron chi connectivity index (χ0n) is 18.2. The van der Waals surface area contributed by atoms with Crippen LogP contribution >= 0.6 is 58.0 Å². The van der Waals surface area contributed by atoms with E-state index < -0.39 is 5.91 Å². The van der Waals surface area contributed by atoms with Crippen molar-refractivity contribution in [2.24, 2.45) is 0 Å². The fraction of sp³-hybridized carbons (Fsp3) is 0.120. The molecule has 0 saturated heterocycles.